The molecule has 3 rings (SSSR count). The summed E-state index contributed by atoms with van der Waals surface area (Å²) in [4.78, 5) is 0. The van der Waals surface area contributed by atoms with E-state index in [1.165, 1.54) is 43.2 Å². The van der Waals surface area contributed by atoms with Crippen LogP contribution in [0.2, 0.25) is 0 Å². The Morgan fingerprint density at radius 3 is 2.03 bits per heavy atom. The number of hydrogen-bond donors (Lipinski definition) is 0. The largest absolute Gasteiger partial charge is 0.247 e. The van der Waals surface area contributed by atoms with Gasteiger partial charge >= 0.3 is 0 Å². The molecule has 0 unspecified atom stereocenters. The molecule has 0 nitrogen and oxygen atoms in total. The summed E-state index contributed by atoms with van der Waals surface area (Å²) >= 11 is 0. The van der Waals surface area contributed by atoms with Gasteiger partial charge in [-0.25, -0.2) is 4.39 Å². The van der Waals surface area contributed by atoms with Crippen LogP contribution >= 0.6 is 0 Å². The van der Waals surface area contributed by atoms with E-state index in [-0.39, 0.29) is 0 Å². The highest BCUT2D eigenvalue weighted by Crippen LogP contribution is 2.34. The van der Waals surface area contributed by atoms with Gasteiger partial charge in [-0.15, -0.1) is 0 Å². The van der Waals surface area contributed by atoms with Gasteiger partial charge in [0.05, 0.1) is 0 Å². The number of alkyl halides is 1. The second-order valence-electron chi connectivity index (χ2n) is 8.55. The van der Waals surface area contributed by atoms with E-state index < -0.39 is 6.17 Å². The van der Waals surface area contributed by atoms with Gasteiger partial charge in [-0.1, -0.05) is 80.9 Å². The second kappa shape index (κ2) is 12.4. The molecule has 2 aromatic carbocycles. The second-order valence-corrected chi connectivity index (χ2v) is 8.55. The number of rotatable bonds is 8. The van der Waals surface area contributed by atoms with Crippen molar-refractivity contribution in [3.05, 3.63) is 76.9 Å². The summed E-state index contributed by atoms with van der Waals surface area (Å²) in [5.74, 6) is 7.04. The average molecular weight is 403 g/mol. The summed E-state index contributed by atoms with van der Waals surface area (Å²) in [5.41, 5.74) is 4.64. The topological polar surface area (TPSA) is 0 Å². The van der Waals surface area contributed by atoms with Crippen LogP contribution in [0.1, 0.15) is 99.3 Å². The number of allylic oxidation sites excluding steroid dienone is 1. The van der Waals surface area contributed by atoms with E-state index in [1.807, 2.05) is 0 Å². The fraction of sp³-hybridized carbons (Fsp3) is 0.448. The molecule has 0 aliphatic heterocycles. The molecular formula is C29H35F. The Hall–Kier alpha value is -2.33. The molecule has 2 aromatic rings. The molecule has 1 aliphatic rings. The van der Waals surface area contributed by atoms with E-state index in [1.54, 1.807) is 0 Å². The maximum absolute atomic E-state index is 13.3. The summed E-state index contributed by atoms with van der Waals surface area (Å²) in [6.07, 6.45) is 15.1. The maximum Gasteiger partial charge on any atom is 0.100 e. The highest BCUT2D eigenvalue weighted by atomic mass is 19.1. The molecule has 0 spiro atoms. The third kappa shape index (κ3) is 7.49. The lowest BCUT2D eigenvalue weighted by Crippen LogP contribution is -2.13. The minimum absolute atomic E-state index is 0.510. The van der Waals surface area contributed by atoms with Crippen molar-refractivity contribution in [3.8, 4) is 11.8 Å². The highest BCUT2D eigenvalue weighted by molar-refractivity contribution is 5.52. The normalized spacial score (nSPS) is 18.9. The first-order valence-corrected chi connectivity index (χ1v) is 11.8. The monoisotopic (exact) mass is 402 g/mol. The van der Waals surface area contributed by atoms with Crippen LogP contribution in [0, 0.1) is 11.8 Å². The van der Waals surface area contributed by atoms with Crippen LogP contribution in [0.25, 0.3) is 6.08 Å². The molecule has 1 saturated carbocycles. The zero-order valence-electron chi connectivity index (χ0n) is 18.4. The minimum atomic E-state index is -0.594. The molecular weight excluding hydrogens is 367 g/mol. The molecule has 0 N–H and O–H groups in total. The Bertz CT molecular complexity index is 825. The SMILES string of the molecule is CCCCCCC/C=C/c1ccc(C#Cc2ccc(C3CCC(F)CC3)cc2)cc1. The fourth-order valence-corrected chi connectivity index (χ4v) is 4.13. The van der Waals surface area contributed by atoms with Crippen molar-refractivity contribution in [2.75, 3.05) is 0 Å². The van der Waals surface area contributed by atoms with E-state index in [4.69, 9.17) is 0 Å². The van der Waals surface area contributed by atoms with Crippen molar-refractivity contribution in [2.24, 2.45) is 0 Å². The van der Waals surface area contributed by atoms with E-state index >= 15 is 0 Å². The lowest BCUT2D eigenvalue weighted by Gasteiger charge is -2.24. The van der Waals surface area contributed by atoms with Gasteiger partial charge in [-0.2, -0.15) is 0 Å². The van der Waals surface area contributed by atoms with Gasteiger partial charge in [0.25, 0.3) is 0 Å². The molecule has 0 aromatic heterocycles. The molecule has 0 saturated heterocycles. The Kier molecular flexibility index (Phi) is 9.23. The standard InChI is InChI=1S/C29H35F/c1-2-3-4-5-6-7-8-9-24-10-12-25(13-11-24)14-15-26-16-18-27(19-17-26)28-20-22-29(30)23-21-28/h8-13,16-19,28-29H,2-7,20-23H2,1H3/b9-8+. The van der Waals surface area contributed by atoms with Crippen LogP contribution in [-0.4, -0.2) is 6.17 Å². The third-order valence-electron chi connectivity index (χ3n) is 6.09. The summed E-state index contributed by atoms with van der Waals surface area (Å²) in [6, 6.07) is 17.0. The van der Waals surface area contributed by atoms with Gasteiger partial charge in [0.15, 0.2) is 0 Å². The molecule has 0 atom stereocenters. The van der Waals surface area contributed by atoms with Gasteiger partial charge in [0, 0.05) is 11.1 Å². The van der Waals surface area contributed by atoms with Crippen LogP contribution in [0.4, 0.5) is 4.39 Å². The molecule has 1 heteroatoms. The predicted molar refractivity (Wildman–Crippen MR) is 127 cm³/mol. The van der Waals surface area contributed by atoms with Gasteiger partial charge in [-0.3, -0.25) is 0 Å². The lowest BCUT2D eigenvalue weighted by atomic mass is 9.83. The molecule has 158 valence electrons. The molecule has 0 radical (unpaired) electrons. The summed E-state index contributed by atoms with van der Waals surface area (Å²) in [5, 5.41) is 0. The number of hydrogen-bond acceptors (Lipinski definition) is 0. The Labute approximate surface area is 182 Å². The third-order valence-corrected chi connectivity index (χ3v) is 6.09. The molecule has 30 heavy (non-hydrogen) atoms. The number of halogens is 1. The van der Waals surface area contributed by atoms with Gasteiger partial charge in [-0.05, 0) is 79.8 Å². The first-order chi connectivity index (χ1) is 14.7. The van der Waals surface area contributed by atoms with Crippen molar-refractivity contribution in [3.63, 3.8) is 0 Å². The van der Waals surface area contributed by atoms with Gasteiger partial charge in [0.1, 0.15) is 6.17 Å². The van der Waals surface area contributed by atoms with Crippen LogP contribution in [0.5, 0.6) is 0 Å². The number of benzene rings is 2. The predicted octanol–water partition coefficient (Wildman–Crippen LogP) is 8.46. The number of unbranched alkanes of at least 4 members (excludes halogenated alkanes) is 5. The molecule has 1 aliphatic carbocycles. The zero-order valence-corrected chi connectivity index (χ0v) is 18.4. The summed E-state index contributed by atoms with van der Waals surface area (Å²) in [6.45, 7) is 2.26. The Morgan fingerprint density at radius 2 is 1.40 bits per heavy atom. The Balaban J connectivity index is 1.47. The first-order valence-electron chi connectivity index (χ1n) is 11.8. The van der Waals surface area contributed by atoms with E-state index in [2.05, 4.69) is 79.4 Å². The van der Waals surface area contributed by atoms with Crippen molar-refractivity contribution >= 4 is 6.08 Å². The lowest BCUT2D eigenvalue weighted by molar-refractivity contribution is 0.235. The average Bonchev–Trinajstić information content (AvgIpc) is 2.79. The van der Waals surface area contributed by atoms with Crippen LogP contribution in [-0.2, 0) is 0 Å². The zero-order chi connectivity index (χ0) is 21.0. The molecule has 0 heterocycles. The van der Waals surface area contributed by atoms with E-state index in [0.29, 0.717) is 18.8 Å². The maximum atomic E-state index is 13.3. The molecule has 0 bridgehead atoms. The smallest absolute Gasteiger partial charge is 0.100 e. The van der Waals surface area contributed by atoms with Crippen molar-refractivity contribution < 1.29 is 4.39 Å². The minimum Gasteiger partial charge on any atom is -0.247 e. The van der Waals surface area contributed by atoms with Crippen molar-refractivity contribution in [1.29, 1.82) is 0 Å². The summed E-state index contributed by atoms with van der Waals surface area (Å²) < 4.78 is 13.3. The van der Waals surface area contributed by atoms with Crippen molar-refractivity contribution in [2.45, 2.75) is 83.2 Å². The first kappa shape index (κ1) is 22.4. The Morgan fingerprint density at radius 1 is 0.800 bits per heavy atom. The molecule has 1 fully saturated rings. The fourth-order valence-electron chi connectivity index (χ4n) is 4.13. The van der Waals surface area contributed by atoms with Crippen LogP contribution in [0.15, 0.2) is 54.6 Å². The quantitative estimate of drug-likeness (QED) is 0.307. The van der Waals surface area contributed by atoms with Gasteiger partial charge in [0.2, 0.25) is 0 Å². The summed E-state index contributed by atoms with van der Waals surface area (Å²) in [7, 11) is 0. The van der Waals surface area contributed by atoms with Crippen molar-refractivity contribution in [1.82, 2.24) is 0 Å². The van der Waals surface area contributed by atoms with Crippen LogP contribution in [0.3, 0.4) is 0 Å². The highest BCUT2D eigenvalue weighted by Gasteiger charge is 2.21. The van der Waals surface area contributed by atoms with E-state index in [9.17, 15) is 4.39 Å². The molecule has 0 amide bonds. The van der Waals surface area contributed by atoms with E-state index in [0.717, 1.165) is 30.4 Å². The van der Waals surface area contributed by atoms with Crippen LogP contribution < -0.4 is 0 Å². The van der Waals surface area contributed by atoms with Gasteiger partial charge < -0.3 is 0 Å².